The summed E-state index contributed by atoms with van der Waals surface area (Å²) in [5.41, 5.74) is 0.501. The molecule has 0 saturated carbocycles. The molecule has 1 aromatic carbocycles. The number of benzene rings is 1. The molecule has 1 unspecified atom stereocenters. The Kier molecular flexibility index (Phi) is 3.29. The fraction of sp³-hybridized carbons (Fsp3) is 0.417. The van der Waals surface area contributed by atoms with E-state index in [0.717, 1.165) is 6.07 Å². The van der Waals surface area contributed by atoms with Crippen LogP contribution in [0.15, 0.2) is 18.2 Å². The maximum absolute atomic E-state index is 12.9. The molecule has 4 heteroatoms. The zero-order chi connectivity index (χ0) is 11.5. The molecular formula is C12H12F2O2. The lowest BCUT2D eigenvalue weighted by Crippen LogP contribution is -2.29. The Morgan fingerprint density at radius 3 is 2.56 bits per heavy atom. The summed E-state index contributed by atoms with van der Waals surface area (Å²) in [5.74, 6) is -1.38. The molecule has 0 amide bonds. The molecule has 16 heavy (non-hydrogen) atoms. The maximum atomic E-state index is 12.9. The molecule has 0 bridgehead atoms. The first kappa shape index (κ1) is 11.2. The number of ether oxygens (including phenoxy) is 1. The summed E-state index contributed by atoms with van der Waals surface area (Å²) in [6.45, 7) is 0.795. The van der Waals surface area contributed by atoms with Crippen molar-refractivity contribution < 1.29 is 18.3 Å². The van der Waals surface area contributed by atoms with Crippen LogP contribution in [0.25, 0.3) is 0 Å². The Balaban J connectivity index is 2.10. The molecule has 0 radical (unpaired) electrons. The van der Waals surface area contributed by atoms with E-state index in [2.05, 4.69) is 0 Å². The molecule has 0 spiro atoms. The van der Waals surface area contributed by atoms with Gasteiger partial charge in [0.1, 0.15) is 17.4 Å². The van der Waals surface area contributed by atoms with E-state index in [1.54, 1.807) is 0 Å². The molecule has 1 aromatic rings. The molecule has 0 N–H and O–H groups in total. The van der Waals surface area contributed by atoms with E-state index in [1.165, 1.54) is 12.1 Å². The van der Waals surface area contributed by atoms with Gasteiger partial charge in [-0.15, -0.1) is 0 Å². The minimum atomic E-state index is -0.612. The molecular weight excluding hydrogens is 214 g/mol. The van der Waals surface area contributed by atoms with Crippen molar-refractivity contribution in [3.05, 3.63) is 35.4 Å². The van der Waals surface area contributed by atoms with Crippen molar-refractivity contribution >= 4 is 5.78 Å². The molecule has 1 fully saturated rings. The molecule has 1 aliphatic rings. The van der Waals surface area contributed by atoms with Gasteiger partial charge in [0, 0.05) is 18.4 Å². The SMILES string of the molecule is O=C1CCOCC1Cc1cc(F)cc(F)c1. The van der Waals surface area contributed by atoms with Crippen LogP contribution in [0.5, 0.6) is 0 Å². The molecule has 2 rings (SSSR count). The second kappa shape index (κ2) is 4.70. The van der Waals surface area contributed by atoms with Gasteiger partial charge in [-0.1, -0.05) is 0 Å². The van der Waals surface area contributed by atoms with Gasteiger partial charge >= 0.3 is 0 Å². The number of carbonyl (C=O) groups is 1. The van der Waals surface area contributed by atoms with Crippen molar-refractivity contribution in [2.45, 2.75) is 12.8 Å². The fourth-order valence-electron chi connectivity index (χ4n) is 1.88. The van der Waals surface area contributed by atoms with Gasteiger partial charge in [-0.05, 0) is 24.1 Å². The highest BCUT2D eigenvalue weighted by atomic mass is 19.1. The van der Waals surface area contributed by atoms with Crippen LogP contribution in [0, 0.1) is 17.6 Å². The average molecular weight is 226 g/mol. The lowest BCUT2D eigenvalue weighted by Gasteiger charge is -2.20. The summed E-state index contributed by atoms with van der Waals surface area (Å²) in [6.07, 6.45) is 0.732. The standard InChI is InChI=1S/C12H12F2O2/c13-10-4-8(5-11(14)6-10)3-9-7-16-2-1-12(9)15/h4-6,9H,1-3,7H2. The molecule has 2 nitrogen and oxygen atoms in total. The average Bonchev–Trinajstić information content (AvgIpc) is 2.20. The minimum absolute atomic E-state index is 0.107. The summed E-state index contributed by atoms with van der Waals surface area (Å²) < 4.78 is 31.0. The fourth-order valence-corrected chi connectivity index (χ4v) is 1.88. The summed E-state index contributed by atoms with van der Waals surface area (Å²) in [7, 11) is 0. The summed E-state index contributed by atoms with van der Waals surface area (Å²) in [5, 5.41) is 0. The van der Waals surface area contributed by atoms with Gasteiger partial charge in [-0.2, -0.15) is 0 Å². The Hall–Kier alpha value is -1.29. The van der Waals surface area contributed by atoms with Crippen LogP contribution in [0.2, 0.25) is 0 Å². The van der Waals surface area contributed by atoms with Crippen LogP contribution in [-0.4, -0.2) is 19.0 Å². The summed E-state index contributed by atoms with van der Waals surface area (Å²) >= 11 is 0. The molecule has 1 aliphatic heterocycles. The first-order chi connectivity index (χ1) is 7.65. The normalized spacial score (nSPS) is 21.1. The highest BCUT2D eigenvalue weighted by Gasteiger charge is 2.23. The second-order valence-electron chi connectivity index (χ2n) is 3.97. The topological polar surface area (TPSA) is 26.3 Å². The van der Waals surface area contributed by atoms with Crippen molar-refractivity contribution in [2.75, 3.05) is 13.2 Å². The molecule has 0 aromatic heterocycles. The lowest BCUT2D eigenvalue weighted by molar-refractivity contribution is -0.130. The third kappa shape index (κ3) is 2.64. The molecule has 1 saturated heterocycles. The first-order valence-electron chi connectivity index (χ1n) is 5.20. The number of Topliss-reactive ketones (excluding diaryl/α,β-unsaturated/α-hetero) is 1. The van der Waals surface area contributed by atoms with E-state index >= 15 is 0 Å². The summed E-state index contributed by atoms with van der Waals surface area (Å²) in [4.78, 5) is 11.5. The van der Waals surface area contributed by atoms with Gasteiger partial charge in [0.15, 0.2) is 0 Å². The quantitative estimate of drug-likeness (QED) is 0.772. The van der Waals surface area contributed by atoms with Crippen LogP contribution in [0.3, 0.4) is 0 Å². The second-order valence-corrected chi connectivity index (χ2v) is 3.97. The van der Waals surface area contributed by atoms with E-state index in [-0.39, 0.29) is 11.7 Å². The van der Waals surface area contributed by atoms with E-state index < -0.39 is 11.6 Å². The number of carbonyl (C=O) groups excluding carboxylic acids is 1. The molecule has 0 aliphatic carbocycles. The smallest absolute Gasteiger partial charge is 0.140 e. The maximum Gasteiger partial charge on any atom is 0.140 e. The third-order valence-electron chi connectivity index (χ3n) is 2.67. The Bertz CT molecular complexity index is 384. The van der Waals surface area contributed by atoms with Crippen LogP contribution in [0.4, 0.5) is 8.78 Å². The van der Waals surface area contributed by atoms with Crippen LogP contribution < -0.4 is 0 Å². The van der Waals surface area contributed by atoms with Gasteiger partial charge in [0.25, 0.3) is 0 Å². The molecule has 1 atom stereocenters. The summed E-state index contributed by atoms with van der Waals surface area (Å²) in [6, 6.07) is 3.33. The number of ketones is 1. The van der Waals surface area contributed by atoms with Gasteiger partial charge in [-0.3, -0.25) is 4.79 Å². The van der Waals surface area contributed by atoms with Gasteiger partial charge in [0.2, 0.25) is 0 Å². The van der Waals surface area contributed by atoms with E-state index in [4.69, 9.17) is 4.74 Å². The van der Waals surface area contributed by atoms with Crippen LogP contribution in [0.1, 0.15) is 12.0 Å². The lowest BCUT2D eigenvalue weighted by atomic mass is 9.93. The number of hydrogen-bond acceptors (Lipinski definition) is 2. The van der Waals surface area contributed by atoms with Crippen molar-refractivity contribution in [3.63, 3.8) is 0 Å². The highest BCUT2D eigenvalue weighted by Crippen LogP contribution is 2.17. The number of rotatable bonds is 2. The Labute approximate surface area is 92.2 Å². The van der Waals surface area contributed by atoms with Crippen LogP contribution in [-0.2, 0) is 16.0 Å². The largest absolute Gasteiger partial charge is 0.380 e. The van der Waals surface area contributed by atoms with Gasteiger partial charge < -0.3 is 4.74 Å². The third-order valence-corrected chi connectivity index (χ3v) is 2.67. The highest BCUT2D eigenvalue weighted by molar-refractivity contribution is 5.82. The predicted molar refractivity (Wildman–Crippen MR) is 54.0 cm³/mol. The van der Waals surface area contributed by atoms with Gasteiger partial charge in [-0.25, -0.2) is 8.78 Å². The molecule has 1 heterocycles. The monoisotopic (exact) mass is 226 g/mol. The minimum Gasteiger partial charge on any atom is -0.380 e. The van der Waals surface area contributed by atoms with E-state index in [1.807, 2.05) is 0 Å². The van der Waals surface area contributed by atoms with Gasteiger partial charge in [0.05, 0.1) is 13.2 Å². The van der Waals surface area contributed by atoms with Crippen molar-refractivity contribution in [3.8, 4) is 0 Å². The number of halogens is 2. The zero-order valence-corrected chi connectivity index (χ0v) is 8.71. The Morgan fingerprint density at radius 2 is 1.94 bits per heavy atom. The van der Waals surface area contributed by atoms with E-state index in [9.17, 15) is 13.6 Å². The van der Waals surface area contributed by atoms with E-state index in [0.29, 0.717) is 31.6 Å². The predicted octanol–water partition coefficient (Wildman–Crippen LogP) is 2.11. The zero-order valence-electron chi connectivity index (χ0n) is 8.71. The van der Waals surface area contributed by atoms with Crippen molar-refractivity contribution in [2.24, 2.45) is 5.92 Å². The molecule has 86 valence electrons. The van der Waals surface area contributed by atoms with Crippen molar-refractivity contribution in [1.29, 1.82) is 0 Å². The van der Waals surface area contributed by atoms with Crippen LogP contribution >= 0.6 is 0 Å². The number of hydrogen-bond donors (Lipinski definition) is 0. The Morgan fingerprint density at radius 1 is 1.25 bits per heavy atom. The first-order valence-corrected chi connectivity index (χ1v) is 5.20. The van der Waals surface area contributed by atoms with Crippen molar-refractivity contribution in [1.82, 2.24) is 0 Å².